The minimum absolute atomic E-state index is 0.0710. The Hall–Kier alpha value is -2.68. The number of rotatable bonds is 9. The summed E-state index contributed by atoms with van der Waals surface area (Å²) < 4.78 is 50.3. The normalized spacial score (nSPS) is 16.6. The van der Waals surface area contributed by atoms with Crippen molar-refractivity contribution in [1.29, 1.82) is 0 Å². The van der Waals surface area contributed by atoms with Crippen molar-refractivity contribution in [3.05, 3.63) is 46.3 Å². The summed E-state index contributed by atoms with van der Waals surface area (Å²) in [5.41, 5.74) is 0.403. The number of nitrogens with zero attached hydrogens (tertiary/aromatic N) is 2. The number of carbonyl (C=O) groups is 1. The fourth-order valence-corrected chi connectivity index (χ4v) is 4.01. The van der Waals surface area contributed by atoms with E-state index in [1.54, 1.807) is 12.2 Å². The molecule has 1 aromatic heterocycles. The molecule has 1 aromatic carbocycles. The molecule has 10 heteroatoms. The zero-order valence-electron chi connectivity index (χ0n) is 17.7. The molecule has 1 heterocycles. The van der Waals surface area contributed by atoms with Gasteiger partial charge in [-0.25, -0.2) is 0 Å². The van der Waals surface area contributed by atoms with Gasteiger partial charge in [0.1, 0.15) is 5.75 Å². The van der Waals surface area contributed by atoms with Gasteiger partial charge in [0.15, 0.2) is 11.3 Å². The first-order valence-electron chi connectivity index (χ1n) is 10.3. The summed E-state index contributed by atoms with van der Waals surface area (Å²) in [4.78, 5) is 13.0. The van der Waals surface area contributed by atoms with E-state index in [-0.39, 0.29) is 17.4 Å². The zero-order chi connectivity index (χ0) is 23.5. The van der Waals surface area contributed by atoms with E-state index in [1.165, 1.54) is 12.1 Å². The van der Waals surface area contributed by atoms with Crippen LogP contribution in [0.5, 0.6) is 5.75 Å². The van der Waals surface area contributed by atoms with E-state index in [9.17, 15) is 18.0 Å². The molecule has 0 fully saturated rings. The number of ether oxygens (including phenoxy) is 1. The predicted octanol–water partition coefficient (Wildman–Crippen LogP) is 5.61. The fraction of sp³-hybridized carbons (Fsp3) is 0.455. The van der Waals surface area contributed by atoms with Crippen molar-refractivity contribution >= 4 is 28.5 Å². The van der Waals surface area contributed by atoms with Crippen molar-refractivity contribution < 1.29 is 32.3 Å². The van der Waals surface area contributed by atoms with Gasteiger partial charge >= 0.3 is 12.1 Å². The molecule has 1 aliphatic carbocycles. The van der Waals surface area contributed by atoms with Crippen molar-refractivity contribution in [1.82, 2.24) is 10.1 Å². The molecule has 0 radical (unpaired) electrons. The van der Waals surface area contributed by atoms with E-state index in [0.29, 0.717) is 48.8 Å². The summed E-state index contributed by atoms with van der Waals surface area (Å²) >= 11 is 6.27. The Kier molecular flexibility index (Phi) is 7.38. The van der Waals surface area contributed by atoms with Gasteiger partial charge in [0.2, 0.25) is 0 Å². The number of halogens is 4. The Balaban J connectivity index is 1.64. The number of benzene rings is 1. The maximum Gasteiger partial charge on any atom is 0.437 e. The lowest BCUT2D eigenvalue weighted by Gasteiger charge is -2.25. The molecule has 0 saturated carbocycles. The van der Waals surface area contributed by atoms with Crippen LogP contribution < -0.4 is 4.74 Å². The minimum Gasteiger partial charge on any atom is -0.493 e. The maximum absolute atomic E-state index is 13.1. The second-order valence-electron chi connectivity index (χ2n) is 7.62. The van der Waals surface area contributed by atoms with Crippen molar-refractivity contribution in [3.8, 4) is 5.75 Å². The molecule has 1 N–H and O–H groups in total. The third-order valence-electron chi connectivity index (χ3n) is 5.26. The van der Waals surface area contributed by atoms with E-state index in [2.05, 4.69) is 5.16 Å². The summed E-state index contributed by atoms with van der Waals surface area (Å²) in [5.74, 6) is -1.06. The van der Waals surface area contributed by atoms with E-state index >= 15 is 0 Å². The number of carboxylic acid groups (broad SMARTS) is 1. The van der Waals surface area contributed by atoms with Crippen LogP contribution >= 0.6 is 11.6 Å². The van der Waals surface area contributed by atoms with E-state index in [1.807, 2.05) is 18.9 Å². The first kappa shape index (κ1) is 24.0. The van der Waals surface area contributed by atoms with Crippen LogP contribution in [0, 0.1) is 5.92 Å². The van der Waals surface area contributed by atoms with Crippen LogP contribution in [-0.2, 0) is 17.4 Å². The van der Waals surface area contributed by atoms with E-state index in [0.717, 1.165) is 5.70 Å². The number of hydrogen-bond donors (Lipinski definition) is 1. The number of aliphatic carboxylic acids is 1. The summed E-state index contributed by atoms with van der Waals surface area (Å²) in [5, 5.41) is 12.7. The number of aromatic nitrogens is 1. The van der Waals surface area contributed by atoms with Gasteiger partial charge in [-0.1, -0.05) is 36.2 Å². The molecule has 0 saturated heterocycles. The number of hydrogen-bond acceptors (Lipinski definition) is 5. The second-order valence-corrected chi connectivity index (χ2v) is 8.08. The highest BCUT2D eigenvalue weighted by Gasteiger charge is 2.37. The number of carboxylic acids is 1. The number of likely N-dealkylation sites (N-methyl/N-ethyl adjacent to an activating group) is 1. The highest BCUT2D eigenvalue weighted by molar-refractivity contribution is 6.30. The number of alkyl halides is 3. The molecule has 0 amide bonds. The van der Waals surface area contributed by atoms with Gasteiger partial charge in [0.25, 0.3) is 0 Å². The SMILES string of the molecule is CCCc1c(OCCCN(C)C2=C(Cl)CC(C(=O)O)C=C2)ccc2c(C(F)(F)F)noc12. The number of aryl methyl sites for hydroxylation is 1. The van der Waals surface area contributed by atoms with Crippen molar-refractivity contribution in [2.75, 3.05) is 20.2 Å². The van der Waals surface area contributed by atoms with Gasteiger partial charge in [-0.15, -0.1) is 0 Å². The van der Waals surface area contributed by atoms with E-state index in [4.69, 9.17) is 26.0 Å². The molecule has 1 atom stereocenters. The molecule has 32 heavy (non-hydrogen) atoms. The Morgan fingerprint density at radius 1 is 1.41 bits per heavy atom. The fourth-order valence-electron chi connectivity index (χ4n) is 3.64. The first-order chi connectivity index (χ1) is 15.1. The van der Waals surface area contributed by atoms with Crippen molar-refractivity contribution in [2.24, 2.45) is 5.92 Å². The molecule has 0 aliphatic heterocycles. The van der Waals surface area contributed by atoms with Crippen LogP contribution in [0.1, 0.15) is 37.4 Å². The Morgan fingerprint density at radius 3 is 2.78 bits per heavy atom. The predicted molar refractivity (Wildman–Crippen MR) is 114 cm³/mol. The number of fused-ring (bicyclic) bond motifs is 1. The average Bonchev–Trinajstić information content (AvgIpc) is 3.17. The lowest BCUT2D eigenvalue weighted by Crippen LogP contribution is -2.24. The average molecular weight is 473 g/mol. The summed E-state index contributed by atoms with van der Waals surface area (Å²) in [6.45, 7) is 2.85. The molecule has 2 aromatic rings. The molecule has 1 aliphatic rings. The minimum atomic E-state index is -4.59. The van der Waals surface area contributed by atoms with Gasteiger partial charge in [-0.2, -0.15) is 13.2 Å². The van der Waals surface area contributed by atoms with Gasteiger partial charge in [-0.05, 0) is 31.1 Å². The van der Waals surface area contributed by atoms with Gasteiger partial charge in [0.05, 0.1) is 23.6 Å². The second kappa shape index (κ2) is 9.85. The first-order valence-corrected chi connectivity index (χ1v) is 10.6. The summed E-state index contributed by atoms with van der Waals surface area (Å²) in [6, 6.07) is 2.85. The monoisotopic (exact) mass is 472 g/mol. The third-order valence-corrected chi connectivity index (χ3v) is 5.60. The van der Waals surface area contributed by atoms with Crippen LogP contribution in [0.4, 0.5) is 13.2 Å². The van der Waals surface area contributed by atoms with Crippen LogP contribution in [0.25, 0.3) is 11.0 Å². The largest absolute Gasteiger partial charge is 0.493 e. The number of allylic oxidation sites excluding steroid dienone is 2. The molecular weight excluding hydrogens is 449 g/mol. The molecule has 0 spiro atoms. The molecule has 1 unspecified atom stereocenters. The third kappa shape index (κ3) is 5.20. The van der Waals surface area contributed by atoms with Crippen LogP contribution in [-0.4, -0.2) is 41.3 Å². The topological polar surface area (TPSA) is 75.8 Å². The zero-order valence-corrected chi connectivity index (χ0v) is 18.5. The van der Waals surface area contributed by atoms with Crippen molar-refractivity contribution in [3.63, 3.8) is 0 Å². The Morgan fingerprint density at radius 2 is 2.16 bits per heavy atom. The Labute approximate surface area is 188 Å². The van der Waals surface area contributed by atoms with E-state index < -0.39 is 23.8 Å². The molecule has 6 nitrogen and oxygen atoms in total. The molecule has 3 rings (SSSR count). The molecule has 0 bridgehead atoms. The molecular formula is C22H24ClF3N2O4. The maximum atomic E-state index is 13.1. The summed E-state index contributed by atoms with van der Waals surface area (Å²) in [6.07, 6.45) is 0.814. The molecule has 174 valence electrons. The van der Waals surface area contributed by atoms with Crippen LogP contribution in [0.2, 0.25) is 0 Å². The Bertz CT molecular complexity index is 1050. The smallest absolute Gasteiger partial charge is 0.437 e. The van der Waals surface area contributed by atoms with Gasteiger partial charge in [0, 0.05) is 30.6 Å². The summed E-state index contributed by atoms with van der Waals surface area (Å²) in [7, 11) is 1.85. The lowest BCUT2D eigenvalue weighted by atomic mass is 9.99. The van der Waals surface area contributed by atoms with Crippen LogP contribution in [0.15, 0.2) is 39.5 Å². The van der Waals surface area contributed by atoms with Gasteiger partial charge < -0.3 is 19.3 Å². The standard InChI is InChI=1S/C22H24ClF3N2O4/c1-3-5-14-18(9-7-15-19(14)32-27-20(15)22(24,25)26)31-11-4-10-28(2)17-8-6-13(21(29)30)12-16(17)23/h6-9,13H,3-5,10-12H2,1-2H3,(H,29,30). The van der Waals surface area contributed by atoms with Crippen LogP contribution in [0.3, 0.4) is 0 Å². The quantitative estimate of drug-likeness (QED) is 0.478. The van der Waals surface area contributed by atoms with Gasteiger partial charge in [-0.3, -0.25) is 4.79 Å². The van der Waals surface area contributed by atoms with Crippen molar-refractivity contribution in [2.45, 2.75) is 38.8 Å². The lowest BCUT2D eigenvalue weighted by molar-refractivity contribution is -0.141. The highest BCUT2D eigenvalue weighted by Crippen LogP contribution is 2.38. The highest BCUT2D eigenvalue weighted by atomic mass is 35.5.